The predicted octanol–water partition coefficient (Wildman–Crippen LogP) is 6.01. The van der Waals surface area contributed by atoms with Crippen molar-refractivity contribution in [1.82, 2.24) is 0 Å². The molecule has 13 heteroatoms. The van der Waals surface area contributed by atoms with E-state index >= 15 is 0 Å². The Morgan fingerprint density at radius 1 is 0.806 bits per heavy atom. The number of carbonyl (C=O) groups is 2. The Kier molecular flexibility index (Phi) is 8.45. The molecule has 0 saturated carbocycles. The smallest absolute Gasteiger partial charge is 0.422 e. The second-order valence-electron chi connectivity index (χ2n) is 7.02. The maximum Gasteiger partial charge on any atom is 0.422 e. The van der Waals surface area contributed by atoms with Crippen molar-refractivity contribution in [2.45, 2.75) is 11.1 Å². The summed E-state index contributed by atoms with van der Waals surface area (Å²) in [7, 11) is 0. The number of alkyl halides is 3. The van der Waals surface area contributed by atoms with Gasteiger partial charge in [0.1, 0.15) is 17.0 Å². The number of para-hydroxylation sites is 1. The van der Waals surface area contributed by atoms with Crippen LogP contribution in [-0.4, -0.2) is 24.2 Å². The number of rotatable bonds is 8. The minimum atomic E-state index is -5.69. The molecule has 3 aromatic rings. The van der Waals surface area contributed by atoms with Crippen molar-refractivity contribution in [3.05, 3.63) is 83.4 Å². The fourth-order valence-corrected chi connectivity index (χ4v) is 3.60. The van der Waals surface area contributed by atoms with Crippen LogP contribution in [0.25, 0.3) is 0 Å². The van der Waals surface area contributed by atoms with Gasteiger partial charge in [0.05, 0.1) is 5.75 Å². The van der Waals surface area contributed by atoms with E-state index < -0.39 is 58.3 Å². The van der Waals surface area contributed by atoms with Gasteiger partial charge in [-0.1, -0.05) is 24.3 Å². The molecule has 0 radical (unpaired) electrons. The Morgan fingerprint density at radius 2 is 1.44 bits per heavy atom. The SMILES string of the molecule is O=C(COc1ccccc1)Nc1cccc(SCC(=O)Nc2c(F)c(F)c(C(F)(F)F)c(F)c2F)c1. The lowest BCUT2D eigenvalue weighted by atomic mass is 10.1. The summed E-state index contributed by atoms with van der Waals surface area (Å²) in [6, 6.07) is 14.7. The maximum absolute atomic E-state index is 13.9. The highest BCUT2D eigenvalue weighted by atomic mass is 32.2. The molecule has 0 aliphatic carbocycles. The van der Waals surface area contributed by atoms with Crippen LogP contribution in [0.5, 0.6) is 5.75 Å². The summed E-state index contributed by atoms with van der Waals surface area (Å²) >= 11 is 0.820. The van der Waals surface area contributed by atoms with Crippen LogP contribution in [0.3, 0.4) is 0 Å². The second kappa shape index (κ2) is 11.3. The predicted molar refractivity (Wildman–Crippen MR) is 118 cm³/mol. The number of nitrogens with one attached hydrogen (secondary N) is 2. The van der Waals surface area contributed by atoms with Gasteiger partial charge in [-0.15, -0.1) is 11.8 Å². The first kappa shape index (κ1) is 26.9. The van der Waals surface area contributed by atoms with E-state index in [0.717, 1.165) is 11.8 Å². The van der Waals surface area contributed by atoms with Gasteiger partial charge >= 0.3 is 6.18 Å². The van der Waals surface area contributed by atoms with Crippen molar-refractivity contribution >= 4 is 35.0 Å². The van der Waals surface area contributed by atoms with Gasteiger partial charge in [0, 0.05) is 10.6 Å². The van der Waals surface area contributed by atoms with Gasteiger partial charge in [-0.3, -0.25) is 9.59 Å². The Bertz CT molecular complexity index is 1240. The average Bonchev–Trinajstić information content (AvgIpc) is 2.83. The third kappa shape index (κ3) is 6.68. The number of benzene rings is 3. The summed E-state index contributed by atoms with van der Waals surface area (Å²) in [5, 5.41) is 4.12. The molecule has 0 aromatic heterocycles. The van der Waals surface area contributed by atoms with Gasteiger partial charge in [-0.2, -0.15) is 13.2 Å². The summed E-state index contributed by atoms with van der Waals surface area (Å²) in [6.45, 7) is -0.277. The van der Waals surface area contributed by atoms with Crippen molar-refractivity contribution in [1.29, 1.82) is 0 Å². The molecule has 3 aromatic carbocycles. The summed E-state index contributed by atoms with van der Waals surface area (Å²) in [5.74, 6) is -11.8. The van der Waals surface area contributed by atoms with Crippen molar-refractivity contribution in [3.8, 4) is 5.75 Å². The molecule has 5 nitrogen and oxygen atoms in total. The molecule has 0 saturated heterocycles. The third-order valence-corrected chi connectivity index (χ3v) is 5.41. The number of hydrogen-bond donors (Lipinski definition) is 2. The van der Waals surface area contributed by atoms with E-state index in [1.54, 1.807) is 41.7 Å². The lowest BCUT2D eigenvalue weighted by Gasteiger charge is -2.14. The molecule has 0 fully saturated rings. The molecule has 0 aliphatic heterocycles. The first-order valence-electron chi connectivity index (χ1n) is 9.91. The van der Waals surface area contributed by atoms with E-state index in [4.69, 9.17) is 4.74 Å². The number of thioether (sulfide) groups is 1. The molecule has 0 aliphatic rings. The standard InChI is InChI=1S/C23H15F7N2O3S/c24-18-17(23(28,29)30)19(25)21(27)22(20(18)26)32-16(34)11-36-14-8-4-5-12(9-14)31-15(33)10-35-13-6-2-1-3-7-13/h1-9H,10-11H2,(H,31,33)(H,32,34). The summed E-state index contributed by atoms with van der Waals surface area (Å²) in [5.41, 5.74) is -4.08. The molecular formula is C23H15F7N2O3S. The van der Waals surface area contributed by atoms with E-state index in [2.05, 4.69) is 5.32 Å². The van der Waals surface area contributed by atoms with Crippen molar-refractivity contribution < 1.29 is 45.1 Å². The average molecular weight is 532 g/mol. The zero-order chi connectivity index (χ0) is 26.5. The van der Waals surface area contributed by atoms with Gasteiger partial charge in [-0.05, 0) is 30.3 Å². The Hall–Kier alpha value is -3.74. The fraction of sp³-hybridized carbons (Fsp3) is 0.130. The zero-order valence-corrected chi connectivity index (χ0v) is 18.7. The van der Waals surface area contributed by atoms with Crippen molar-refractivity contribution in [2.24, 2.45) is 0 Å². The van der Waals surface area contributed by atoms with Gasteiger partial charge in [-0.25, -0.2) is 17.6 Å². The molecule has 2 N–H and O–H groups in total. The molecule has 0 spiro atoms. The number of amides is 2. The minimum Gasteiger partial charge on any atom is -0.484 e. The molecule has 2 amide bonds. The Labute approximate surface area is 203 Å². The van der Waals surface area contributed by atoms with E-state index in [0.29, 0.717) is 16.3 Å². The number of hydrogen-bond acceptors (Lipinski definition) is 4. The Morgan fingerprint density at radius 3 is 2.06 bits per heavy atom. The summed E-state index contributed by atoms with van der Waals surface area (Å²) in [6.07, 6.45) is -5.69. The lowest BCUT2D eigenvalue weighted by Crippen LogP contribution is -2.21. The van der Waals surface area contributed by atoms with Gasteiger partial charge in [0.15, 0.2) is 29.9 Å². The molecule has 0 bridgehead atoms. The van der Waals surface area contributed by atoms with Crippen molar-refractivity contribution in [3.63, 3.8) is 0 Å². The van der Waals surface area contributed by atoms with Crippen molar-refractivity contribution in [2.75, 3.05) is 23.0 Å². The molecule has 0 unspecified atom stereocenters. The number of ether oxygens (including phenoxy) is 1. The zero-order valence-electron chi connectivity index (χ0n) is 17.9. The number of carbonyl (C=O) groups excluding carboxylic acids is 2. The van der Waals surface area contributed by atoms with Gasteiger partial charge < -0.3 is 15.4 Å². The number of anilines is 2. The molecule has 3 rings (SSSR count). The lowest BCUT2D eigenvalue weighted by molar-refractivity contribution is -0.143. The van der Waals surface area contributed by atoms with E-state index in [1.165, 1.54) is 18.2 Å². The molecule has 190 valence electrons. The quantitative estimate of drug-likeness (QED) is 0.212. The van der Waals surface area contributed by atoms with Crippen LogP contribution in [0.4, 0.5) is 42.1 Å². The fourth-order valence-electron chi connectivity index (χ4n) is 2.84. The van der Waals surface area contributed by atoms with Gasteiger partial charge in [0.2, 0.25) is 5.91 Å². The summed E-state index contributed by atoms with van der Waals surface area (Å²) < 4.78 is 98.6. The van der Waals surface area contributed by atoms with Crippen LogP contribution in [-0.2, 0) is 15.8 Å². The number of halogens is 7. The normalized spacial score (nSPS) is 11.2. The van der Waals surface area contributed by atoms with Crippen LogP contribution in [0.1, 0.15) is 5.56 Å². The highest BCUT2D eigenvalue weighted by Crippen LogP contribution is 2.38. The maximum atomic E-state index is 13.9. The Balaban J connectivity index is 1.60. The minimum absolute atomic E-state index is 0.277. The van der Waals surface area contributed by atoms with Gasteiger partial charge in [0.25, 0.3) is 5.91 Å². The van der Waals surface area contributed by atoms with E-state index in [-0.39, 0.29) is 6.61 Å². The largest absolute Gasteiger partial charge is 0.484 e. The van der Waals surface area contributed by atoms with Crippen LogP contribution in [0.2, 0.25) is 0 Å². The molecule has 0 atom stereocenters. The monoisotopic (exact) mass is 532 g/mol. The summed E-state index contributed by atoms with van der Waals surface area (Å²) in [4.78, 5) is 24.5. The first-order valence-corrected chi connectivity index (χ1v) is 10.9. The topological polar surface area (TPSA) is 67.4 Å². The van der Waals surface area contributed by atoms with Crippen LogP contribution >= 0.6 is 11.8 Å². The molecule has 0 heterocycles. The highest BCUT2D eigenvalue weighted by Gasteiger charge is 2.42. The van der Waals surface area contributed by atoms with Crippen LogP contribution < -0.4 is 15.4 Å². The third-order valence-electron chi connectivity index (χ3n) is 4.41. The molecular weight excluding hydrogens is 517 g/mol. The van der Waals surface area contributed by atoms with Crippen LogP contribution in [0, 0.1) is 23.3 Å². The molecule has 36 heavy (non-hydrogen) atoms. The first-order chi connectivity index (χ1) is 17.0. The van der Waals surface area contributed by atoms with E-state index in [1.807, 2.05) is 0 Å². The second-order valence-corrected chi connectivity index (χ2v) is 8.07. The van der Waals surface area contributed by atoms with E-state index in [9.17, 15) is 40.3 Å². The highest BCUT2D eigenvalue weighted by molar-refractivity contribution is 8.00. The van der Waals surface area contributed by atoms with Crippen LogP contribution in [0.15, 0.2) is 59.5 Å².